The van der Waals surface area contributed by atoms with Crippen LogP contribution in [0.3, 0.4) is 0 Å². The van der Waals surface area contributed by atoms with Gasteiger partial charge in [0, 0.05) is 13.1 Å². The number of piperidine rings is 1. The molecule has 1 aromatic rings. The molecule has 146 valence electrons. The molecule has 0 N–H and O–H groups in total. The van der Waals surface area contributed by atoms with E-state index in [9.17, 15) is 18.0 Å². The summed E-state index contributed by atoms with van der Waals surface area (Å²) in [4.78, 5) is 13.8. The summed E-state index contributed by atoms with van der Waals surface area (Å²) in [6.45, 7) is 7.00. The molecule has 1 saturated heterocycles. The van der Waals surface area contributed by atoms with Crippen molar-refractivity contribution in [3.05, 3.63) is 35.4 Å². The normalized spacial score (nSPS) is 16.6. The van der Waals surface area contributed by atoms with E-state index < -0.39 is 17.3 Å². The molecule has 0 aromatic heterocycles. The highest BCUT2D eigenvalue weighted by atomic mass is 19.4. The highest BCUT2D eigenvalue weighted by Crippen LogP contribution is 2.29. The molecule has 1 aliphatic heterocycles. The number of amides is 1. The van der Waals surface area contributed by atoms with Gasteiger partial charge >= 0.3 is 12.3 Å². The number of aryl methyl sites for hydroxylation is 1. The van der Waals surface area contributed by atoms with Crippen molar-refractivity contribution in [3.8, 4) is 0 Å². The molecule has 1 aliphatic rings. The van der Waals surface area contributed by atoms with E-state index >= 15 is 0 Å². The molecule has 1 fully saturated rings. The van der Waals surface area contributed by atoms with Crippen molar-refractivity contribution in [2.24, 2.45) is 5.92 Å². The van der Waals surface area contributed by atoms with Gasteiger partial charge in [-0.1, -0.05) is 12.1 Å². The number of rotatable bonds is 4. The molecule has 1 amide bonds. The second-order valence-electron chi connectivity index (χ2n) is 8.00. The fraction of sp³-hybridized carbons (Fsp3) is 0.650. The minimum absolute atomic E-state index is 0.249. The van der Waals surface area contributed by atoms with Crippen LogP contribution >= 0.6 is 0 Å². The molecule has 0 aliphatic carbocycles. The summed E-state index contributed by atoms with van der Waals surface area (Å²) >= 11 is 0. The third-order valence-electron chi connectivity index (χ3n) is 4.63. The summed E-state index contributed by atoms with van der Waals surface area (Å²) in [6, 6.07) is 5.42. The van der Waals surface area contributed by atoms with Gasteiger partial charge in [0.1, 0.15) is 5.60 Å². The lowest BCUT2D eigenvalue weighted by Crippen LogP contribution is -2.41. The second kappa shape index (κ2) is 8.31. The van der Waals surface area contributed by atoms with Crippen LogP contribution in [-0.4, -0.2) is 29.7 Å². The minimum Gasteiger partial charge on any atom is -0.444 e. The standard InChI is InChI=1S/C20H28F3NO2/c1-19(2,3)26-18(25)24-13-11-16(12-14-24)6-4-5-15-7-9-17(10-8-15)20(21,22)23/h7-10,16H,4-6,11-14H2,1-3H3. The molecule has 2 rings (SSSR count). The van der Waals surface area contributed by atoms with Crippen LogP contribution < -0.4 is 0 Å². The molecule has 1 aromatic carbocycles. The zero-order valence-electron chi connectivity index (χ0n) is 15.7. The van der Waals surface area contributed by atoms with Crippen LogP contribution in [0.1, 0.15) is 57.6 Å². The molecular formula is C20H28F3NO2. The number of benzene rings is 1. The van der Waals surface area contributed by atoms with E-state index in [0.717, 1.165) is 49.8 Å². The van der Waals surface area contributed by atoms with E-state index in [-0.39, 0.29) is 6.09 Å². The Morgan fingerprint density at radius 1 is 1.12 bits per heavy atom. The third-order valence-corrected chi connectivity index (χ3v) is 4.63. The Bertz CT molecular complexity index is 583. The van der Waals surface area contributed by atoms with Crippen LogP contribution in [0.5, 0.6) is 0 Å². The molecular weight excluding hydrogens is 343 g/mol. The van der Waals surface area contributed by atoms with Crippen molar-refractivity contribution in [1.82, 2.24) is 4.90 Å². The number of likely N-dealkylation sites (tertiary alicyclic amines) is 1. The van der Waals surface area contributed by atoms with E-state index in [0.29, 0.717) is 19.0 Å². The lowest BCUT2D eigenvalue weighted by atomic mass is 9.91. The fourth-order valence-electron chi connectivity index (χ4n) is 3.19. The maximum absolute atomic E-state index is 12.6. The number of nitrogens with zero attached hydrogens (tertiary/aromatic N) is 1. The van der Waals surface area contributed by atoms with E-state index in [1.54, 1.807) is 17.0 Å². The van der Waals surface area contributed by atoms with Gasteiger partial charge in [-0.25, -0.2) is 4.79 Å². The maximum Gasteiger partial charge on any atom is 0.416 e. The van der Waals surface area contributed by atoms with Crippen molar-refractivity contribution >= 4 is 6.09 Å². The molecule has 6 heteroatoms. The summed E-state index contributed by atoms with van der Waals surface area (Å²) < 4.78 is 43.1. The van der Waals surface area contributed by atoms with Crippen molar-refractivity contribution in [1.29, 1.82) is 0 Å². The Morgan fingerprint density at radius 3 is 2.19 bits per heavy atom. The summed E-state index contributed by atoms with van der Waals surface area (Å²) in [5.74, 6) is 0.558. The second-order valence-corrected chi connectivity index (χ2v) is 8.00. The van der Waals surface area contributed by atoms with Gasteiger partial charge in [-0.3, -0.25) is 0 Å². The van der Waals surface area contributed by atoms with Gasteiger partial charge in [0.25, 0.3) is 0 Å². The predicted molar refractivity (Wildman–Crippen MR) is 94.9 cm³/mol. The topological polar surface area (TPSA) is 29.5 Å². The van der Waals surface area contributed by atoms with Crippen LogP contribution in [0.4, 0.5) is 18.0 Å². The van der Waals surface area contributed by atoms with Crippen molar-refractivity contribution < 1.29 is 22.7 Å². The van der Waals surface area contributed by atoms with Crippen LogP contribution in [0, 0.1) is 5.92 Å². The number of hydrogen-bond acceptors (Lipinski definition) is 2. The highest BCUT2D eigenvalue weighted by Gasteiger charge is 2.30. The molecule has 0 unspecified atom stereocenters. The van der Waals surface area contributed by atoms with Gasteiger partial charge in [-0.05, 0) is 76.5 Å². The van der Waals surface area contributed by atoms with Crippen molar-refractivity contribution in [2.45, 2.75) is 64.7 Å². The third kappa shape index (κ3) is 6.54. The van der Waals surface area contributed by atoms with Gasteiger partial charge < -0.3 is 9.64 Å². The van der Waals surface area contributed by atoms with Crippen LogP contribution in [0.25, 0.3) is 0 Å². The first-order valence-corrected chi connectivity index (χ1v) is 9.19. The Labute approximate surface area is 153 Å². The summed E-state index contributed by atoms with van der Waals surface area (Å²) in [7, 11) is 0. The van der Waals surface area contributed by atoms with Crippen molar-refractivity contribution in [2.75, 3.05) is 13.1 Å². The zero-order chi connectivity index (χ0) is 19.4. The zero-order valence-corrected chi connectivity index (χ0v) is 15.7. The number of carbonyl (C=O) groups is 1. The van der Waals surface area contributed by atoms with Crippen LogP contribution in [0.15, 0.2) is 24.3 Å². The predicted octanol–water partition coefficient (Wildman–Crippen LogP) is 5.68. The SMILES string of the molecule is CC(C)(C)OC(=O)N1CCC(CCCc2ccc(C(F)(F)F)cc2)CC1. The van der Waals surface area contributed by atoms with Gasteiger partial charge in [0.2, 0.25) is 0 Å². The molecule has 0 bridgehead atoms. The van der Waals surface area contributed by atoms with Gasteiger partial charge in [-0.15, -0.1) is 0 Å². The molecule has 26 heavy (non-hydrogen) atoms. The lowest BCUT2D eigenvalue weighted by molar-refractivity contribution is -0.137. The van der Waals surface area contributed by atoms with Gasteiger partial charge in [-0.2, -0.15) is 13.2 Å². The lowest BCUT2D eigenvalue weighted by Gasteiger charge is -2.33. The van der Waals surface area contributed by atoms with E-state index in [1.807, 2.05) is 20.8 Å². The smallest absolute Gasteiger partial charge is 0.416 e. The number of halogens is 3. The average Bonchev–Trinajstić information content (AvgIpc) is 2.53. The van der Waals surface area contributed by atoms with E-state index in [2.05, 4.69) is 0 Å². The largest absolute Gasteiger partial charge is 0.444 e. The highest BCUT2D eigenvalue weighted by molar-refractivity contribution is 5.68. The minimum atomic E-state index is -4.28. The molecule has 0 spiro atoms. The van der Waals surface area contributed by atoms with E-state index in [1.165, 1.54) is 0 Å². The van der Waals surface area contributed by atoms with Crippen LogP contribution in [-0.2, 0) is 17.3 Å². The molecule has 0 radical (unpaired) electrons. The number of alkyl halides is 3. The number of carbonyl (C=O) groups excluding carboxylic acids is 1. The number of ether oxygens (including phenoxy) is 1. The Kier molecular flexibility index (Phi) is 6.58. The van der Waals surface area contributed by atoms with E-state index in [4.69, 9.17) is 4.74 Å². The summed E-state index contributed by atoms with van der Waals surface area (Å²) in [6.07, 6.45) is 0.135. The molecule has 1 heterocycles. The average molecular weight is 371 g/mol. The molecule has 0 saturated carbocycles. The molecule has 0 atom stereocenters. The fourth-order valence-corrected chi connectivity index (χ4v) is 3.19. The van der Waals surface area contributed by atoms with Crippen molar-refractivity contribution in [3.63, 3.8) is 0 Å². The number of hydrogen-bond donors (Lipinski definition) is 0. The van der Waals surface area contributed by atoms with Crippen LogP contribution in [0.2, 0.25) is 0 Å². The molecule has 3 nitrogen and oxygen atoms in total. The van der Waals surface area contributed by atoms with Gasteiger partial charge in [0.05, 0.1) is 5.56 Å². The first-order valence-electron chi connectivity index (χ1n) is 9.19. The quantitative estimate of drug-likeness (QED) is 0.682. The summed E-state index contributed by atoms with van der Waals surface area (Å²) in [5.41, 5.74) is -0.143. The summed E-state index contributed by atoms with van der Waals surface area (Å²) in [5, 5.41) is 0. The Morgan fingerprint density at radius 2 is 1.69 bits per heavy atom. The first-order chi connectivity index (χ1) is 12.0. The maximum atomic E-state index is 12.6. The monoisotopic (exact) mass is 371 g/mol. The van der Waals surface area contributed by atoms with Gasteiger partial charge in [0.15, 0.2) is 0 Å². The Hall–Kier alpha value is -1.72. The Balaban J connectivity index is 1.70. The first kappa shape index (κ1) is 20.6.